The Bertz CT molecular complexity index is 769. The lowest BCUT2D eigenvalue weighted by Crippen LogP contribution is -2.36. The number of carboxylic acids is 1. The van der Waals surface area contributed by atoms with E-state index in [0.29, 0.717) is 6.61 Å². The van der Waals surface area contributed by atoms with Crippen molar-refractivity contribution in [1.82, 2.24) is 10.2 Å². The van der Waals surface area contributed by atoms with Crippen molar-refractivity contribution in [3.8, 4) is 0 Å². The highest BCUT2D eigenvalue weighted by atomic mass is 16.5. The second-order valence-corrected chi connectivity index (χ2v) is 6.59. The van der Waals surface area contributed by atoms with E-state index in [1.54, 1.807) is 6.92 Å². The summed E-state index contributed by atoms with van der Waals surface area (Å²) in [4.78, 5) is 49.1. The van der Waals surface area contributed by atoms with E-state index in [1.807, 2.05) is 0 Å². The molecule has 0 saturated carbocycles. The van der Waals surface area contributed by atoms with Crippen LogP contribution in [0, 0.1) is 0 Å². The zero-order valence-corrected chi connectivity index (χ0v) is 14.4. The molecule has 138 valence electrons. The first-order valence-corrected chi connectivity index (χ1v) is 8.51. The minimum absolute atomic E-state index is 0.142. The molecule has 3 amide bonds. The van der Waals surface area contributed by atoms with Crippen molar-refractivity contribution in [3.05, 3.63) is 34.9 Å². The fraction of sp³-hybridized carbons (Fsp3) is 0.444. The molecule has 8 heteroatoms. The fourth-order valence-corrected chi connectivity index (χ4v) is 3.21. The maximum Gasteiger partial charge on any atom is 0.305 e. The maximum atomic E-state index is 12.6. The number of aliphatic carboxylic acids is 1. The highest BCUT2D eigenvalue weighted by molar-refractivity contribution is 6.22. The number of nitrogens with one attached hydrogen (secondary N) is 1. The molecule has 0 aromatic heterocycles. The number of imide groups is 1. The summed E-state index contributed by atoms with van der Waals surface area (Å²) in [6.45, 7) is 2.42. The lowest BCUT2D eigenvalue weighted by Gasteiger charge is -2.17. The number of rotatable bonds is 6. The van der Waals surface area contributed by atoms with Crippen LogP contribution in [0.1, 0.15) is 57.3 Å². The molecule has 1 saturated heterocycles. The van der Waals surface area contributed by atoms with Crippen molar-refractivity contribution >= 4 is 23.7 Å². The van der Waals surface area contributed by atoms with Crippen molar-refractivity contribution in [2.45, 2.75) is 38.3 Å². The van der Waals surface area contributed by atoms with Gasteiger partial charge < -0.3 is 15.2 Å². The molecule has 3 rings (SSSR count). The maximum absolute atomic E-state index is 12.6. The molecule has 0 aliphatic carbocycles. The van der Waals surface area contributed by atoms with Gasteiger partial charge >= 0.3 is 5.97 Å². The van der Waals surface area contributed by atoms with E-state index in [1.165, 1.54) is 18.2 Å². The van der Waals surface area contributed by atoms with Gasteiger partial charge in [0.2, 0.25) is 0 Å². The first-order valence-electron chi connectivity index (χ1n) is 8.51. The summed E-state index contributed by atoms with van der Waals surface area (Å²) in [5.74, 6) is -2.32. The summed E-state index contributed by atoms with van der Waals surface area (Å²) in [5, 5.41) is 11.3. The van der Waals surface area contributed by atoms with Gasteiger partial charge in [0.1, 0.15) is 0 Å². The number of hydrogen-bond acceptors (Lipinski definition) is 5. The van der Waals surface area contributed by atoms with E-state index in [-0.39, 0.29) is 41.7 Å². The lowest BCUT2D eigenvalue weighted by atomic mass is 10.0. The second-order valence-electron chi connectivity index (χ2n) is 6.59. The van der Waals surface area contributed by atoms with Gasteiger partial charge in [-0.3, -0.25) is 24.1 Å². The molecule has 2 atom stereocenters. The molecule has 1 aromatic rings. The number of fused-ring (bicyclic) bond motifs is 1. The van der Waals surface area contributed by atoms with E-state index >= 15 is 0 Å². The van der Waals surface area contributed by atoms with Gasteiger partial charge in [-0.1, -0.05) is 0 Å². The van der Waals surface area contributed by atoms with Crippen molar-refractivity contribution in [1.29, 1.82) is 0 Å². The van der Waals surface area contributed by atoms with Gasteiger partial charge in [-0.05, 0) is 38.0 Å². The number of ether oxygens (including phenoxy) is 1. The zero-order valence-electron chi connectivity index (χ0n) is 14.4. The van der Waals surface area contributed by atoms with Crippen molar-refractivity contribution in [2.75, 3.05) is 13.2 Å². The minimum Gasteiger partial charge on any atom is -0.481 e. The normalized spacial score (nSPS) is 20.2. The molecule has 2 aliphatic rings. The highest BCUT2D eigenvalue weighted by Crippen LogP contribution is 2.26. The smallest absolute Gasteiger partial charge is 0.305 e. The number of carbonyl (C=O) groups excluding carboxylic acids is 3. The first kappa shape index (κ1) is 18.1. The third kappa shape index (κ3) is 3.60. The van der Waals surface area contributed by atoms with Crippen LogP contribution in [0.25, 0.3) is 0 Å². The number of hydrogen-bond donors (Lipinski definition) is 2. The quantitative estimate of drug-likeness (QED) is 0.733. The van der Waals surface area contributed by atoms with Gasteiger partial charge in [-0.2, -0.15) is 0 Å². The molecule has 0 bridgehead atoms. The Morgan fingerprint density at radius 1 is 1.31 bits per heavy atom. The molecular weight excluding hydrogens is 340 g/mol. The van der Waals surface area contributed by atoms with Crippen LogP contribution >= 0.6 is 0 Å². The molecule has 0 radical (unpaired) electrons. The summed E-state index contributed by atoms with van der Waals surface area (Å²) in [6, 6.07) is 3.75. The summed E-state index contributed by atoms with van der Waals surface area (Å²) in [5.41, 5.74) is 0.663. The molecule has 1 aromatic carbocycles. The third-order valence-electron chi connectivity index (χ3n) is 4.50. The van der Waals surface area contributed by atoms with Gasteiger partial charge in [0.15, 0.2) is 0 Å². The lowest BCUT2D eigenvalue weighted by molar-refractivity contribution is -0.137. The van der Waals surface area contributed by atoms with Crippen LogP contribution in [0.5, 0.6) is 0 Å². The van der Waals surface area contributed by atoms with Crippen molar-refractivity contribution in [2.24, 2.45) is 0 Å². The molecule has 8 nitrogen and oxygen atoms in total. The summed E-state index contributed by atoms with van der Waals surface area (Å²) >= 11 is 0. The molecule has 2 aliphatic heterocycles. The molecular formula is C18H20N2O6. The molecule has 1 fully saturated rings. The molecule has 0 spiro atoms. The van der Waals surface area contributed by atoms with Gasteiger partial charge in [0, 0.05) is 18.2 Å². The molecule has 2 N–H and O–H groups in total. The largest absolute Gasteiger partial charge is 0.481 e. The number of amides is 3. The highest BCUT2D eigenvalue weighted by Gasteiger charge is 2.38. The van der Waals surface area contributed by atoms with E-state index < -0.39 is 23.8 Å². The van der Waals surface area contributed by atoms with Crippen LogP contribution in [0.15, 0.2) is 18.2 Å². The van der Waals surface area contributed by atoms with Gasteiger partial charge in [0.25, 0.3) is 17.7 Å². The number of benzene rings is 1. The summed E-state index contributed by atoms with van der Waals surface area (Å²) in [6.07, 6.45) is 1.37. The molecule has 2 unspecified atom stereocenters. The van der Waals surface area contributed by atoms with Crippen LogP contribution < -0.4 is 5.32 Å². The molecule has 2 heterocycles. The van der Waals surface area contributed by atoms with Gasteiger partial charge in [-0.15, -0.1) is 0 Å². The zero-order chi connectivity index (χ0) is 18.8. The van der Waals surface area contributed by atoms with E-state index in [2.05, 4.69) is 5.32 Å². The predicted octanol–water partition coefficient (Wildman–Crippen LogP) is 1.05. The fourth-order valence-electron chi connectivity index (χ4n) is 3.21. The average Bonchev–Trinajstić information content (AvgIpc) is 3.17. The van der Waals surface area contributed by atoms with Gasteiger partial charge in [0.05, 0.1) is 30.2 Å². The molecule has 26 heavy (non-hydrogen) atoms. The van der Waals surface area contributed by atoms with Crippen LogP contribution in [-0.4, -0.2) is 59.0 Å². The van der Waals surface area contributed by atoms with Crippen LogP contribution in [-0.2, 0) is 9.53 Å². The monoisotopic (exact) mass is 360 g/mol. The Kier molecular flexibility index (Phi) is 5.03. The first-order chi connectivity index (χ1) is 12.4. The minimum atomic E-state index is -1.02. The Hall–Kier alpha value is -2.74. The Morgan fingerprint density at radius 3 is 2.69 bits per heavy atom. The Balaban J connectivity index is 1.74. The van der Waals surface area contributed by atoms with E-state index in [9.17, 15) is 19.2 Å². The average molecular weight is 360 g/mol. The predicted molar refractivity (Wildman–Crippen MR) is 90.0 cm³/mol. The number of carbonyl (C=O) groups is 4. The van der Waals surface area contributed by atoms with Crippen LogP contribution in [0.3, 0.4) is 0 Å². The van der Waals surface area contributed by atoms with E-state index in [4.69, 9.17) is 9.84 Å². The van der Waals surface area contributed by atoms with Crippen molar-refractivity contribution < 1.29 is 29.0 Å². The standard InChI is InChI=1S/C18H20N2O6/c1-10(7-15(21)22)19-16(23)11-4-5-13-14(8-11)18(25)20(17(13)24)9-12-3-2-6-26-12/h4-5,8,10,12H,2-3,6-7,9H2,1H3,(H,19,23)(H,21,22). The SMILES string of the molecule is CC(CC(=O)O)NC(=O)c1ccc2c(c1)C(=O)N(CC1CCCO1)C2=O. The summed E-state index contributed by atoms with van der Waals surface area (Å²) in [7, 11) is 0. The third-order valence-corrected chi connectivity index (χ3v) is 4.50. The second kappa shape index (κ2) is 7.25. The van der Waals surface area contributed by atoms with E-state index in [0.717, 1.165) is 17.7 Å². The van der Waals surface area contributed by atoms with Crippen LogP contribution in [0.2, 0.25) is 0 Å². The Labute approximate surface area is 150 Å². The topological polar surface area (TPSA) is 113 Å². The Morgan fingerprint density at radius 2 is 2.04 bits per heavy atom. The van der Waals surface area contributed by atoms with Gasteiger partial charge in [-0.25, -0.2) is 0 Å². The van der Waals surface area contributed by atoms with Crippen LogP contribution in [0.4, 0.5) is 0 Å². The van der Waals surface area contributed by atoms with Crippen molar-refractivity contribution in [3.63, 3.8) is 0 Å². The number of nitrogens with zero attached hydrogens (tertiary/aromatic N) is 1. The number of carboxylic acid groups (broad SMARTS) is 1. The summed E-state index contributed by atoms with van der Waals surface area (Å²) < 4.78 is 5.49.